The van der Waals surface area contributed by atoms with Crippen LogP contribution < -0.4 is 5.32 Å². The second-order valence-electron chi connectivity index (χ2n) is 5.66. The number of ether oxygens (including phenoxy) is 1. The van der Waals surface area contributed by atoms with Gasteiger partial charge in [-0.2, -0.15) is 0 Å². The number of aryl methyl sites for hydroxylation is 1. The van der Waals surface area contributed by atoms with Crippen LogP contribution in [0.25, 0.3) is 11.3 Å². The van der Waals surface area contributed by atoms with Gasteiger partial charge in [0.1, 0.15) is 0 Å². The van der Waals surface area contributed by atoms with Crippen molar-refractivity contribution in [3.63, 3.8) is 0 Å². The van der Waals surface area contributed by atoms with E-state index >= 15 is 0 Å². The lowest BCUT2D eigenvalue weighted by molar-refractivity contribution is -0.116. The highest BCUT2D eigenvalue weighted by Gasteiger charge is 2.09. The van der Waals surface area contributed by atoms with Gasteiger partial charge in [0.2, 0.25) is 5.91 Å². The molecule has 3 rings (SSSR count). The van der Waals surface area contributed by atoms with Gasteiger partial charge in [0.25, 0.3) is 0 Å². The van der Waals surface area contributed by atoms with Gasteiger partial charge in [-0.15, -0.1) is 0 Å². The van der Waals surface area contributed by atoms with Crippen LogP contribution in [0.1, 0.15) is 17.9 Å². The van der Waals surface area contributed by atoms with Gasteiger partial charge >= 0.3 is 0 Å². The maximum Gasteiger partial charge on any atom is 0.224 e. The molecule has 25 heavy (non-hydrogen) atoms. The molecule has 1 N–H and O–H groups in total. The fourth-order valence-electron chi connectivity index (χ4n) is 2.46. The van der Waals surface area contributed by atoms with Crippen LogP contribution in [0.2, 0.25) is 0 Å². The molecule has 0 aliphatic heterocycles. The van der Waals surface area contributed by atoms with E-state index in [1.807, 2.05) is 54.6 Å². The van der Waals surface area contributed by atoms with Gasteiger partial charge in [-0.05, 0) is 17.7 Å². The number of anilines is 1. The molecule has 1 heterocycles. The summed E-state index contributed by atoms with van der Waals surface area (Å²) in [7, 11) is 1.65. The van der Waals surface area contributed by atoms with Gasteiger partial charge in [-0.25, -0.2) is 4.98 Å². The van der Waals surface area contributed by atoms with Crippen molar-refractivity contribution < 1.29 is 13.9 Å². The first kappa shape index (κ1) is 16.9. The molecule has 0 aliphatic rings. The Kier molecular flexibility index (Phi) is 5.59. The Morgan fingerprint density at radius 2 is 1.88 bits per heavy atom. The zero-order valence-electron chi connectivity index (χ0n) is 14.1. The topological polar surface area (TPSA) is 64.4 Å². The normalized spacial score (nSPS) is 10.6. The Labute approximate surface area is 146 Å². The van der Waals surface area contributed by atoms with Crippen molar-refractivity contribution >= 4 is 11.6 Å². The van der Waals surface area contributed by atoms with Crippen LogP contribution in [0.15, 0.2) is 65.2 Å². The van der Waals surface area contributed by atoms with Crippen LogP contribution in [-0.2, 0) is 22.6 Å². The quantitative estimate of drug-likeness (QED) is 0.707. The van der Waals surface area contributed by atoms with E-state index in [0.29, 0.717) is 31.1 Å². The maximum atomic E-state index is 12.1. The zero-order chi connectivity index (χ0) is 17.5. The standard InChI is InChI=1S/C20H20N2O3/c1-24-14-15-7-9-17(10-8-15)22-19(23)11-12-20-21-13-18(25-20)16-5-3-2-4-6-16/h2-10,13H,11-12,14H2,1H3,(H,22,23). The Morgan fingerprint density at radius 1 is 1.12 bits per heavy atom. The Bertz CT molecular complexity index is 810. The molecule has 0 atom stereocenters. The van der Waals surface area contributed by atoms with E-state index in [2.05, 4.69) is 10.3 Å². The first-order valence-corrected chi connectivity index (χ1v) is 8.12. The molecule has 0 unspecified atom stereocenters. The lowest BCUT2D eigenvalue weighted by Crippen LogP contribution is -2.12. The molecule has 5 nitrogen and oxygen atoms in total. The number of benzene rings is 2. The summed E-state index contributed by atoms with van der Waals surface area (Å²) in [4.78, 5) is 16.3. The average molecular weight is 336 g/mol. The highest BCUT2D eigenvalue weighted by Crippen LogP contribution is 2.20. The third-order valence-corrected chi connectivity index (χ3v) is 3.73. The van der Waals surface area contributed by atoms with Crippen molar-refractivity contribution in [2.75, 3.05) is 12.4 Å². The number of methoxy groups -OCH3 is 1. The number of carbonyl (C=O) groups is 1. The van der Waals surface area contributed by atoms with E-state index in [-0.39, 0.29) is 5.91 Å². The van der Waals surface area contributed by atoms with E-state index < -0.39 is 0 Å². The predicted molar refractivity (Wildman–Crippen MR) is 96.0 cm³/mol. The van der Waals surface area contributed by atoms with Crippen molar-refractivity contribution in [1.29, 1.82) is 0 Å². The van der Waals surface area contributed by atoms with E-state index in [9.17, 15) is 4.79 Å². The Hall–Kier alpha value is -2.92. The van der Waals surface area contributed by atoms with E-state index in [0.717, 1.165) is 16.8 Å². The van der Waals surface area contributed by atoms with Gasteiger partial charge in [-0.1, -0.05) is 42.5 Å². The predicted octanol–water partition coefficient (Wildman–Crippen LogP) is 4.06. The maximum absolute atomic E-state index is 12.1. The van der Waals surface area contributed by atoms with Crippen LogP contribution in [0, 0.1) is 0 Å². The van der Waals surface area contributed by atoms with Gasteiger partial charge in [0.05, 0.1) is 12.8 Å². The third kappa shape index (κ3) is 4.78. The fourth-order valence-corrected chi connectivity index (χ4v) is 2.46. The number of carbonyl (C=O) groups excluding carboxylic acids is 1. The van der Waals surface area contributed by atoms with Crippen LogP contribution in [0.4, 0.5) is 5.69 Å². The van der Waals surface area contributed by atoms with Crippen LogP contribution in [0.5, 0.6) is 0 Å². The Balaban J connectivity index is 1.51. The van der Waals surface area contributed by atoms with Crippen LogP contribution >= 0.6 is 0 Å². The molecule has 3 aromatic rings. The van der Waals surface area contributed by atoms with Crippen molar-refractivity contribution in [1.82, 2.24) is 4.98 Å². The molecular formula is C20H20N2O3. The largest absolute Gasteiger partial charge is 0.441 e. The number of nitrogens with zero attached hydrogens (tertiary/aromatic N) is 1. The average Bonchev–Trinajstić information content (AvgIpc) is 3.12. The summed E-state index contributed by atoms with van der Waals surface area (Å²) in [6, 6.07) is 17.4. The first-order chi connectivity index (χ1) is 12.2. The fraction of sp³-hybridized carbons (Fsp3) is 0.200. The summed E-state index contributed by atoms with van der Waals surface area (Å²) in [5, 5.41) is 2.87. The van der Waals surface area contributed by atoms with Gasteiger partial charge in [0.15, 0.2) is 11.7 Å². The summed E-state index contributed by atoms with van der Waals surface area (Å²) < 4.78 is 10.8. The summed E-state index contributed by atoms with van der Waals surface area (Å²) in [6.07, 6.45) is 2.46. The van der Waals surface area contributed by atoms with E-state index in [4.69, 9.17) is 9.15 Å². The summed E-state index contributed by atoms with van der Waals surface area (Å²) in [5.74, 6) is 1.20. The Morgan fingerprint density at radius 3 is 2.60 bits per heavy atom. The van der Waals surface area contributed by atoms with Gasteiger partial charge in [0, 0.05) is 31.2 Å². The number of hydrogen-bond donors (Lipinski definition) is 1. The zero-order valence-corrected chi connectivity index (χ0v) is 14.1. The minimum Gasteiger partial charge on any atom is -0.441 e. The SMILES string of the molecule is COCc1ccc(NC(=O)CCc2ncc(-c3ccccc3)o2)cc1. The molecule has 0 fully saturated rings. The number of hydrogen-bond acceptors (Lipinski definition) is 4. The summed E-state index contributed by atoms with van der Waals surface area (Å²) in [5.41, 5.74) is 2.80. The third-order valence-electron chi connectivity index (χ3n) is 3.73. The highest BCUT2D eigenvalue weighted by molar-refractivity contribution is 5.90. The summed E-state index contributed by atoms with van der Waals surface area (Å²) >= 11 is 0. The monoisotopic (exact) mass is 336 g/mol. The molecular weight excluding hydrogens is 316 g/mol. The molecule has 1 aromatic heterocycles. The van der Waals surface area contributed by atoms with E-state index in [1.165, 1.54) is 0 Å². The van der Waals surface area contributed by atoms with Crippen molar-refractivity contribution in [2.45, 2.75) is 19.4 Å². The molecule has 0 radical (unpaired) electrons. The number of rotatable bonds is 7. The summed E-state index contributed by atoms with van der Waals surface area (Å²) in [6.45, 7) is 0.558. The number of nitrogens with one attached hydrogen (secondary N) is 1. The lowest BCUT2D eigenvalue weighted by Gasteiger charge is -2.05. The molecule has 0 saturated carbocycles. The van der Waals surface area contributed by atoms with Crippen LogP contribution in [0.3, 0.4) is 0 Å². The number of aromatic nitrogens is 1. The number of oxazole rings is 1. The highest BCUT2D eigenvalue weighted by atomic mass is 16.5. The number of amides is 1. The minimum atomic E-state index is -0.0704. The van der Waals surface area contributed by atoms with Crippen molar-refractivity contribution in [3.05, 3.63) is 72.2 Å². The molecule has 5 heteroatoms. The van der Waals surface area contributed by atoms with Crippen LogP contribution in [-0.4, -0.2) is 18.0 Å². The molecule has 0 aliphatic carbocycles. The van der Waals surface area contributed by atoms with Gasteiger partial charge in [-0.3, -0.25) is 4.79 Å². The molecule has 0 bridgehead atoms. The second kappa shape index (κ2) is 8.26. The molecule has 2 aromatic carbocycles. The molecule has 0 spiro atoms. The van der Waals surface area contributed by atoms with Crippen molar-refractivity contribution in [3.8, 4) is 11.3 Å². The molecule has 1 amide bonds. The van der Waals surface area contributed by atoms with Gasteiger partial charge < -0.3 is 14.5 Å². The molecule has 0 saturated heterocycles. The molecule has 128 valence electrons. The van der Waals surface area contributed by atoms with Crippen molar-refractivity contribution in [2.24, 2.45) is 0 Å². The minimum absolute atomic E-state index is 0.0704. The van der Waals surface area contributed by atoms with E-state index in [1.54, 1.807) is 13.3 Å². The second-order valence-corrected chi connectivity index (χ2v) is 5.66. The smallest absolute Gasteiger partial charge is 0.224 e. The first-order valence-electron chi connectivity index (χ1n) is 8.12. The lowest BCUT2D eigenvalue weighted by atomic mass is 10.2.